The zero-order valence-corrected chi connectivity index (χ0v) is 20.9. The minimum atomic E-state index is -4.51. The van der Waals surface area contributed by atoms with Crippen molar-refractivity contribution in [2.75, 3.05) is 11.8 Å². The highest BCUT2D eigenvalue weighted by atomic mass is 35.5. The molecule has 0 atom stereocenters. The fourth-order valence-corrected chi connectivity index (χ4v) is 4.05. The van der Waals surface area contributed by atoms with Gasteiger partial charge in [0.2, 0.25) is 11.6 Å². The first kappa shape index (κ1) is 26.8. The monoisotopic (exact) mass is 563 g/mol. The Hall–Kier alpha value is -4.23. The molecule has 0 amide bonds. The second kappa shape index (κ2) is 11.0. The molecule has 0 spiro atoms. The van der Waals surface area contributed by atoms with E-state index in [-0.39, 0.29) is 39.7 Å². The predicted molar refractivity (Wildman–Crippen MR) is 134 cm³/mol. The molecule has 14 heteroatoms. The van der Waals surface area contributed by atoms with Gasteiger partial charge < -0.3 is 9.47 Å². The van der Waals surface area contributed by atoms with Crippen LogP contribution in [0.1, 0.15) is 11.1 Å². The van der Waals surface area contributed by atoms with Gasteiger partial charge in [-0.1, -0.05) is 35.9 Å². The lowest BCUT2D eigenvalue weighted by atomic mass is 10.1. The maximum atomic E-state index is 12.9. The first-order valence-corrected chi connectivity index (χ1v) is 12.5. The molecule has 0 aliphatic rings. The molecule has 4 aromatic rings. The zero-order valence-electron chi connectivity index (χ0n) is 19.3. The summed E-state index contributed by atoms with van der Waals surface area (Å²) in [6.07, 6.45) is -0.515. The SMILES string of the molecule is COc1ccccc1Oc1c(Cl)nc(-c2ncccn2)nc1NS(=O)(=O)/C=C/c1ccc(C(F)(F)F)cc1. The van der Waals surface area contributed by atoms with Crippen LogP contribution in [0, 0.1) is 0 Å². The molecule has 0 aliphatic heterocycles. The maximum Gasteiger partial charge on any atom is 0.416 e. The van der Waals surface area contributed by atoms with Crippen molar-refractivity contribution in [2.24, 2.45) is 0 Å². The van der Waals surface area contributed by atoms with Gasteiger partial charge in [0.05, 0.1) is 18.1 Å². The van der Waals surface area contributed by atoms with Crippen LogP contribution in [0.4, 0.5) is 19.0 Å². The third kappa shape index (κ3) is 6.55. The highest BCUT2D eigenvalue weighted by Crippen LogP contribution is 2.39. The van der Waals surface area contributed by atoms with Gasteiger partial charge in [0.1, 0.15) is 0 Å². The minimum Gasteiger partial charge on any atom is -0.493 e. The normalized spacial score (nSPS) is 11.9. The van der Waals surface area contributed by atoms with Gasteiger partial charge in [0, 0.05) is 12.4 Å². The zero-order chi connectivity index (χ0) is 27.3. The Morgan fingerprint density at radius 1 is 0.921 bits per heavy atom. The number of ether oxygens (including phenoxy) is 2. The topological polar surface area (TPSA) is 116 Å². The van der Waals surface area contributed by atoms with E-state index < -0.39 is 21.8 Å². The summed E-state index contributed by atoms with van der Waals surface area (Å²) in [5.41, 5.74) is -0.645. The summed E-state index contributed by atoms with van der Waals surface area (Å²) in [6.45, 7) is 0. The second-order valence-corrected chi connectivity index (χ2v) is 9.33. The van der Waals surface area contributed by atoms with Crippen molar-refractivity contribution in [3.8, 4) is 28.9 Å². The molecule has 2 heterocycles. The molecule has 196 valence electrons. The number of halogens is 4. The van der Waals surface area contributed by atoms with E-state index in [4.69, 9.17) is 21.1 Å². The van der Waals surface area contributed by atoms with Crippen molar-refractivity contribution in [1.29, 1.82) is 0 Å². The molecule has 0 saturated heterocycles. The fraction of sp³-hybridized carbons (Fsp3) is 0.0833. The molecule has 0 aliphatic carbocycles. The summed E-state index contributed by atoms with van der Waals surface area (Å²) in [5, 5.41) is 0.509. The second-order valence-electron chi connectivity index (χ2n) is 7.41. The van der Waals surface area contributed by atoms with E-state index in [2.05, 4.69) is 24.7 Å². The molecule has 0 bridgehead atoms. The quantitative estimate of drug-likeness (QED) is 0.267. The van der Waals surface area contributed by atoms with Crippen molar-refractivity contribution in [2.45, 2.75) is 6.18 Å². The molecular formula is C24H17ClF3N5O4S. The highest BCUT2D eigenvalue weighted by molar-refractivity contribution is 7.95. The van der Waals surface area contributed by atoms with Crippen LogP contribution in [-0.4, -0.2) is 35.5 Å². The Labute approximate surface area is 220 Å². The summed E-state index contributed by atoms with van der Waals surface area (Å²) < 4.78 is 77.5. The smallest absolute Gasteiger partial charge is 0.416 e. The number of anilines is 1. The van der Waals surface area contributed by atoms with Crippen molar-refractivity contribution >= 4 is 33.5 Å². The molecule has 0 fully saturated rings. The Morgan fingerprint density at radius 3 is 2.21 bits per heavy atom. The van der Waals surface area contributed by atoms with Crippen LogP contribution in [0.3, 0.4) is 0 Å². The van der Waals surface area contributed by atoms with Crippen molar-refractivity contribution in [3.05, 3.63) is 88.7 Å². The minimum absolute atomic E-state index is 0.0685. The summed E-state index contributed by atoms with van der Waals surface area (Å²) in [6, 6.07) is 12.1. The van der Waals surface area contributed by atoms with E-state index >= 15 is 0 Å². The van der Waals surface area contributed by atoms with Gasteiger partial charge in [-0.2, -0.15) is 13.2 Å². The molecule has 4 rings (SSSR count). The van der Waals surface area contributed by atoms with Crippen LogP contribution in [0.25, 0.3) is 17.7 Å². The van der Waals surface area contributed by atoms with Crippen LogP contribution in [0.2, 0.25) is 5.15 Å². The van der Waals surface area contributed by atoms with Gasteiger partial charge in [-0.3, -0.25) is 4.72 Å². The van der Waals surface area contributed by atoms with Crippen LogP contribution < -0.4 is 14.2 Å². The number of nitrogens with one attached hydrogen (secondary N) is 1. The van der Waals surface area contributed by atoms with Crippen molar-refractivity contribution in [1.82, 2.24) is 19.9 Å². The molecule has 2 aromatic carbocycles. The van der Waals surface area contributed by atoms with E-state index in [9.17, 15) is 21.6 Å². The number of alkyl halides is 3. The Kier molecular flexibility index (Phi) is 7.78. The van der Waals surface area contributed by atoms with Gasteiger partial charge in [-0.15, -0.1) is 0 Å². The van der Waals surface area contributed by atoms with Gasteiger partial charge in [-0.05, 0) is 42.0 Å². The third-order valence-electron chi connectivity index (χ3n) is 4.79. The first-order valence-electron chi connectivity index (χ1n) is 10.6. The van der Waals surface area contributed by atoms with Gasteiger partial charge >= 0.3 is 6.18 Å². The lowest BCUT2D eigenvalue weighted by Gasteiger charge is -2.15. The van der Waals surface area contributed by atoms with E-state index in [1.807, 2.05) is 0 Å². The summed E-state index contributed by atoms with van der Waals surface area (Å²) >= 11 is 6.37. The van der Waals surface area contributed by atoms with Crippen molar-refractivity contribution in [3.63, 3.8) is 0 Å². The molecule has 38 heavy (non-hydrogen) atoms. The number of aromatic nitrogens is 4. The Bertz CT molecular complexity index is 1570. The Morgan fingerprint density at radius 2 is 1.58 bits per heavy atom. The third-order valence-corrected chi connectivity index (χ3v) is 6.02. The van der Waals surface area contributed by atoms with E-state index in [1.54, 1.807) is 30.3 Å². The number of rotatable bonds is 8. The van der Waals surface area contributed by atoms with Gasteiger partial charge in [-0.25, -0.2) is 28.4 Å². The molecular weight excluding hydrogens is 547 g/mol. The molecule has 0 radical (unpaired) electrons. The standard InChI is InChI=1S/C24H17ClF3N5O4S/c1-36-17-5-2-3-6-18(17)37-19-20(25)31-23(22-29-12-4-13-30-22)32-21(19)33-38(34,35)14-11-15-7-9-16(10-8-15)24(26,27)28/h2-14H,1H3,(H,31,32,33)/b14-11+. The fourth-order valence-electron chi connectivity index (χ4n) is 3.03. The van der Waals surface area contributed by atoms with E-state index in [1.165, 1.54) is 19.5 Å². The van der Waals surface area contributed by atoms with Crippen LogP contribution in [0.15, 0.2) is 72.4 Å². The number of benzene rings is 2. The summed E-state index contributed by atoms with van der Waals surface area (Å²) in [5.74, 6) is -0.0656. The molecule has 1 N–H and O–H groups in total. The average molecular weight is 564 g/mol. The number of hydrogen-bond donors (Lipinski definition) is 1. The van der Waals surface area contributed by atoms with E-state index in [0.29, 0.717) is 5.75 Å². The van der Waals surface area contributed by atoms with Gasteiger partial charge in [0.25, 0.3) is 10.0 Å². The summed E-state index contributed by atoms with van der Waals surface area (Å²) in [4.78, 5) is 16.4. The largest absolute Gasteiger partial charge is 0.493 e. The lowest BCUT2D eigenvalue weighted by molar-refractivity contribution is -0.137. The molecule has 0 unspecified atom stereocenters. The van der Waals surface area contributed by atoms with Crippen LogP contribution in [0.5, 0.6) is 17.2 Å². The summed E-state index contributed by atoms with van der Waals surface area (Å²) in [7, 11) is -2.85. The van der Waals surface area contributed by atoms with Gasteiger partial charge in [0.15, 0.2) is 28.3 Å². The number of sulfonamides is 1. The number of methoxy groups -OCH3 is 1. The lowest BCUT2D eigenvalue weighted by Crippen LogP contribution is -2.13. The predicted octanol–water partition coefficient (Wildman–Crippen LogP) is 5.82. The van der Waals surface area contributed by atoms with E-state index in [0.717, 1.165) is 35.7 Å². The Balaban J connectivity index is 1.70. The average Bonchev–Trinajstić information content (AvgIpc) is 2.89. The van der Waals surface area contributed by atoms with Crippen LogP contribution in [-0.2, 0) is 16.2 Å². The van der Waals surface area contributed by atoms with Crippen molar-refractivity contribution < 1.29 is 31.1 Å². The molecule has 9 nitrogen and oxygen atoms in total. The molecule has 0 saturated carbocycles. The number of nitrogens with zero attached hydrogens (tertiary/aromatic N) is 4. The van der Waals surface area contributed by atoms with Crippen LogP contribution >= 0.6 is 11.6 Å². The molecule has 2 aromatic heterocycles. The number of para-hydroxylation sites is 2. The highest BCUT2D eigenvalue weighted by Gasteiger charge is 2.30. The first-order chi connectivity index (χ1) is 18.1. The number of hydrogen-bond acceptors (Lipinski definition) is 8. The maximum absolute atomic E-state index is 12.9.